The summed E-state index contributed by atoms with van der Waals surface area (Å²) in [6.07, 6.45) is 1.57. The minimum Gasteiger partial charge on any atom is -0.480 e. The molecule has 0 aromatic heterocycles. The third kappa shape index (κ3) is 3.15. The van der Waals surface area contributed by atoms with Gasteiger partial charge in [-0.2, -0.15) is 0 Å². The summed E-state index contributed by atoms with van der Waals surface area (Å²) in [5.74, 6) is -0.284. The molecule has 0 radical (unpaired) electrons. The van der Waals surface area contributed by atoms with E-state index in [2.05, 4.69) is 11.9 Å². The van der Waals surface area contributed by atoms with Crippen LogP contribution in [0.1, 0.15) is 13.8 Å². The molecule has 2 atom stereocenters. The number of hydrogen-bond acceptors (Lipinski definition) is 3. The minimum atomic E-state index is -0.950. The number of carbonyl (C=O) groups is 2. The molecule has 2 amide bonds. The number of nitrogens with zero attached hydrogens (tertiary/aromatic N) is 1. The summed E-state index contributed by atoms with van der Waals surface area (Å²) in [5.41, 5.74) is 0. The van der Waals surface area contributed by atoms with Gasteiger partial charge in [-0.3, -0.25) is 4.90 Å². The van der Waals surface area contributed by atoms with Gasteiger partial charge in [-0.1, -0.05) is 19.9 Å². The second-order valence-electron chi connectivity index (χ2n) is 4.20. The van der Waals surface area contributed by atoms with Crippen LogP contribution in [-0.2, 0) is 4.79 Å². The van der Waals surface area contributed by atoms with Crippen molar-refractivity contribution in [1.82, 2.24) is 10.2 Å². The lowest BCUT2D eigenvalue weighted by Gasteiger charge is -2.29. The first-order chi connectivity index (χ1) is 7.99. The third-order valence-electron chi connectivity index (χ3n) is 2.52. The van der Waals surface area contributed by atoms with Crippen molar-refractivity contribution in [2.75, 3.05) is 12.3 Å². The van der Waals surface area contributed by atoms with Crippen LogP contribution in [0.3, 0.4) is 0 Å². The van der Waals surface area contributed by atoms with E-state index in [1.165, 1.54) is 16.7 Å². The highest BCUT2D eigenvalue weighted by Crippen LogP contribution is 2.33. The first kappa shape index (κ1) is 13.9. The van der Waals surface area contributed by atoms with E-state index in [4.69, 9.17) is 5.11 Å². The zero-order valence-electron chi connectivity index (χ0n) is 10.0. The maximum absolute atomic E-state index is 11.9. The Labute approximate surface area is 105 Å². The monoisotopic (exact) mass is 258 g/mol. The van der Waals surface area contributed by atoms with Crippen molar-refractivity contribution in [2.45, 2.75) is 25.3 Å². The molecule has 2 N–H and O–H groups in total. The lowest BCUT2D eigenvalue weighted by Crippen LogP contribution is -2.51. The van der Waals surface area contributed by atoms with Gasteiger partial charge in [0.05, 0.1) is 5.37 Å². The number of carboxylic acid groups (broad SMARTS) is 1. The van der Waals surface area contributed by atoms with Gasteiger partial charge in [0.2, 0.25) is 0 Å². The predicted molar refractivity (Wildman–Crippen MR) is 67.9 cm³/mol. The Morgan fingerprint density at radius 1 is 1.65 bits per heavy atom. The van der Waals surface area contributed by atoms with E-state index < -0.39 is 12.0 Å². The van der Waals surface area contributed by atoms with Gasteiger partial charge in [0.1, 0.15) is 6.04 Å². The van der Waals surface area contributed by atoms with E-state index in [1.54, 1.807) is 6.08 Å². The molecular weight excluding hydrogens is 240 g/mol. The number of amides is 2. The molecule has 1 saturated heterocycles. The fourth-order valence-corrected chi connectivity index (χ4v) is 3.21. The molecule has 96 valence electrons. The zero-order chi connectivity index (χ0) is 13.0. The van der Waals surface area contributed by atoms with E-state index in [1.807, 2.05) is 13.8 Å². The van der Waals surface area contributed by atoms with Crippen LogP contribution < -0.4 is 5.32 Å². The summed E-state index contributed by atoms with van der Waals surface area (Å²) in [4.78, 5) is 24.5. The molecule has 17 heavy (non-hydrogen) atoms. The van der Waals surface area contributed by atoms with Gasteiger partial charge in [0.15, 0.2) is 0 Å². The number of thioether (sulfide) groups is 1. The second kappa shape index (κ2) is 5.95. The standard InChI is InChI=1S/C11H18N2O3S/c1-4-5-12-11(16)13-8(10(14)15)6-17-9(13)7(2)3/h4,7-9H,1,5-6H2,2-3H3,(H,12,16)(H,14,15). The number of rotatable bonds is 4. The van der Waals surface area contributed by atoms with Gasteiger partial charge in [-0.05, 0) is 5.92 Å². The Balaban J connectivity index is 2.81. The normalized spacial score (nSPS) is 23.8. The predicted octanol–water partition coefficient (Wildman–Crippen LogP) is 1.37. The lowest BCUT2D eigenvalue weighted by atomic mass is 10.2. The molecule has 5 nitrogen and oxygen atoms in total. The number of nitrogens with one attached hydrogen (secondary N) is 1. The smallest absolute Gasteiger partial charge is 0.327 e. The Bertz CT molecular complexity index is 320. The maximum atomic E-state index is 11.9. The molecule has 0 aromatic carbocycles. The Hall–Kier alpha value is -1.17. The minimum absolute atomic E-state index is 0.0825. The maximum Gasteiger partial charge on any atom is 0.327 e. The second-order valence-corrected chi connectivity index (χ2v) is 5.35. The van der Waals surface area contributed by atoms with Crippen LogP contribution in [-0.4, -0.2) is 45.7 Å². The molecule has 0 aromatic rings. The number of aliphatic carboxylic acids is 1. The van der Waals surface area contributed by atoms with Crippen molar-refractivity contribution < 1.29 is 14.7 Å². The van der Waals surface area contributed by atoms with Crippen molar-refractivity contribution in [3.63, 3.8) is 0 Å². The first-order valence-electron chi connectivity index (χ1n) is 5.50. The van der Waals surface area contributed by atoms with Crippen molar-refractivity contribution in [3.05, 3.63) is 12.7 Å². The molecule has 2 unspecified atom stereocenters. The van der Waals surface area contributed by atoms with Crippen LogP contribution in [0.15, 0.2) is 12.7 Å². The van der Waals surface area contributed by atoms with Crippen LogP contribution in [0.25, 0.3) is 0 Å². The molecule has 0 saturated carbocycles. The van der Waals surface area contributed by atoms with E-state index >= 15 is 0 Å². The molecule has 1 aliphatic heterocycles. The van der Waals surface area contributed by atoms with Crippen LogP contribution in [0.4, 0.5) is 4.79 Å². The molecular formula is C11H18N2O3S. The molecule has 1 heterocycles. The quantitative estimate of drug-likeness (QED) is 0.747. The number of hydrogen-bond donors (Lipinski definition) is 2. The van der Waals surface area contributed by atoms with Crippen molar-refractivity contribution >= 4 is 23.8 Å². The summed E-state index contributed by atoms with van der Waals surface area (Å²) >= 11 is 1.52. The zero-order valence-corrected chi connectivity index (χ0v) is 10.9. The van der Waals surface area contributed by atoms with E-state index in [-0.39, 0.29) is 17.3 Å². The summed E-state index contributed by atoms with van der Waals surface area (Å²) in [6.45, 7) is 7.82. The van der Waals surface area contributed by atoms with Crippen LogP contribution >= 0.6 is 11.8 Å². The average Bonchev–Trinajstić information content (AvgIpc) is 2.70. The molecule has 6 heteroatoms. The molecule has 0 bridgehead atoms. The van der Waals surface area contributed by atoms with E-state index in [9.17, 15) is 9.59 Å². The SMILES string of the molecule is C=CCNC(=O)N1C(C(=O)O)CSC1C(C)C. The van der Waals surface area contributed by atoms with Crippen LogP contribution in [0, 0.1) is 5.92 Å². The summed E-state index contributed by atoms with van der Waals surface area (Å²) in [5, 5.41) is 11.7. The Morgan fingerprint density at radius 3 is 2.76 bits per heavy atom. The number of urea groups is 1. The molecule has 0 aliphatic carbocycles. The summed E-state index contributed by atoms with van der Waals surface area (Å²) < 4.78 is 0. The van der Waals surface area contributed by atoms with Crippen LogP contribution in [0.5, 0.6) is 0 Å². The summed E-state index contributed by atoms with van der Waals surface area (Å²) in [7, 11) is 0. The Morgan fingerprint density at radius 2 is 2.29 bits per heavy atom. The average molecular weight is 258 g/mol. The molecule has 0 spiro atoms. The largest absolute Gasteiger partial charge is 0.480 e. The van der Waals surface area contributed by atoms with Crippen molar-refractivity contribution in [3.8, 4) is 0 Å². The van der Waals surface area contributed by atoms with Gasteiger partial charge >= 0.3 is 12.0 Å². The number of carbonyl (C=O) groups excluding carboxylic acids is 1. The molecule has 1 aliphatic rings. The fraction of sp³-hybridized carbons (Fsp3) is 0.636. The highest BCUT2D eigenvalue weighted by Gasteiger charge is 2.42. The van der Waals surface area contributed by atoms with Gasteiger partial charge in [-0.15, -0.1) is 18.3 Å². The first-order valence-corrected chi connectivity index (χ1v) is 6.55. The van der Waals surface area contributed by atoms with Gasteiger partial charge in [0.25, 0.3) is 0 Å². The lowest BCUT2D eigenvalue weighted by molar-refractivity contribution is -0.141. The van der Waals surface area contributed by atoms with Crippen LogP contribution in [0.2, 0.25) is 0 Å². The molecule has 1 fully saturated rings. The topological polar surface area (TPSA) is 69.6 Å². The van der Waals surface area contributed by atoms with E-state index in [0.717, 1.165) is 0 Å². The highest BCUT2D eigenvalue weighted by atomic mass is 32.2. The fourth-order valence-electron chi connectivity index (χ4n) is 1.74. The third-order valence-corrected chi connectivity index (χ3v) is 4.14. The highest BCUT2D eigenvalue weighted by molar-refractivity contribution is 8.00. The van der Waals surface area contributed by atoms with Crippen molar-refractivity contribution in [2.24, 2.45) is 5.92 Å². The van der Waals surface area contributed by atoms with Gasteiger partial charge < -0.3 is 10.4 Å². The van der Waals surface area contributed by atoms with E-state index in [0.29, 0.717) is 12.3 Å². The molecule has 1 rings (SSSR count). The summed E-state index contributed by atoms with van der Waals surface area (Å²) in [6, 6.07) is -1.07. The van der Waals surface area contributed by atoms with Gasteiger partial charge in [0, 0.05) is 12.3 Å². The Kier molecular flexibility index (Phi) is 4.86. The van der Waals surface area contributed by atoms with Crippen molar-refractivity contribution in [1.29, 1.82) is 0 Å². The van der Waals surface area contributed by atoms with Gasteiger partial charge in [-0.25, -0.2) is 9.59 Å². The number of carboxylic acids is 1.